The van der Waals surface area contributed by atoms with E-state index in [0.717, 1.165) is 12.8 Å². The van der Waals surface area contributed by atoms with Gasteiger partial charge in [0.1, 0.15) is 5.54 Å². The first kappa shape index (κ1) is 12.5. The second-order valence-electron chi connectivity index (χ2n) is 4.80. The van der Waals surface area contributed by atoms with Crippen LogP contribution in [0.5, 0.6) is 0 Å². The summed E-state index contributed by atoms with van der Waals surface area (Å²) in [4.78, 5) is 10.7. The summed E-state index contributed by atoms with van der Waals surface area (Å²) in [6, 6.07) is 0. The van der Waals surface area contributed by atoms with Gasteiger partial charge in [0.25, 0.3) is 0 Å². The van der Waals surface area contributed by atoms with Crippen molar-refractivity contribution >= 4 is 5.97 Å². The lowest BCUT2D eigenvalue weighted by atomic mass is 10.1. The van der Waals surface area contributed by atoms with Gasteiger partial charge in [-0.1, -0.05) is 45.4 Å². The van der Waals surface area contributed by atoms with Crippen LogP contribution in [0.1, 0.15) is 58.3 Å². The van der Waals surface area contributed by atoms with Crippen LogP contribution in [0, 0.1) is 5.92 Å². The van der Waals surface area contributed by atoms with Crippen LogP contribution in [-0.2, 0) is 4.79 Å². The van der Waals surface area contributed by atoms with Crippen LogP contribution in [0.2, 0.25) is 0 Å². The summed E-state index contributed by atoms with van der Waals surface area (Å²) in [7, 11) is 0. The van der Waals surface area contributed by atoms with E-state index in [4.69, 9.17) is 10.8 Å². The van der Waals surface area contributed by atoms with Crippen molar-refractivity contribution in [1.82, 2.24) is 0 Å². The SMILES string of the molecule is CCCCCCCCC1C[C@]1(N)C(=O)O. The van der Waals surface area contributed by atoms with E-state index < -0.39 is 11.5 Å². The van der Waals surface area contributed by atoms with Crippen molar-refractivity contribution in [3.63, 3.8) is 0 Å². The molecule has 0 aromatic rings. The number of unbranched alkanes of at least 4 members (excludes halogenated alkanes) is 5. The molecule has 0 amide bonds. The molecule has 1 rings (SSSR count). The van der Waals surface area contributed by atoms with Crippen LogP contribution < -0.4 is 5.73 Å². The van der Waals surface area contributed by atoms with Gasteiger partial charge in [0.05, 0.1) is 0 Å². The number of aliphatic carboxylic acids is 1. The standard InChI is InChI=1S/C12H23NO2/c1-2-3-4-5-6-7-8-10-9-12(10,13)11(14)15/h10H,2-9,13H2,1H3,(H,14,15)/t10?,12-/m1/s1. The maximum Gasteiger partial charge on any atom is 0.323 e. The fraction of sp³-hybridized carbons (Fsp3) is 0.917. The van der Waals surface area contributed by atoms with Crippen LogP contribution in [-0.4, -0.2) is 16.6 Å². The Kier molecular flexibility index (Phi) is 4.58. The maximum absolute atomic E-state index is 10.7. The van der Waals surface area contributed by atoms with Crippen LogP contribution in [0.4, 0.5) is 0 Å². The lowest BCUT2D eigenvalue weighted by Gasteiger charge is -2.04. The van der Waals surface area contributed by atoms with Crippen molar-refractivity contribution in [3.8, 4) is 0 Å². The molecule has 15 heavy (non-hydrogen) atoms. The van der Waals surface area contributed by atoms with Gasteiger partial charge >= 0.3 is 5.97 Å². The van der Waals surface area contributed by atoms with Gasteiger partial charge in [-0.15, -0.1) is 0 Å². The molecule has 0 aromatic heterocycles. The molecule has 3 N–H and O–H groups in total. The molecule has 0 heterocycles. The first-order valence-corrected chi connectivity index (χ1v) is 6.13. The monoisotopic (exact) mass is 213 g/mol. The Morgan fingerprint density at radius 2 is 1.93 bits per heavy atom. The van der Waals surface area contributed by atoms with Crippen molar-refractivity contribution < 1.29 is 9.90 Å². The minimum atomic E-state index is -0.872. The highest BCUT2D eigenvalue weighted by molar-refractivity contribution is 5.82. The first-order chi connectivity index (χ1) is 7.11. The molecule has 0 saturated heterocycles. The highest BCUT2D eigenvalue weighted by Gasteiger charge is 2.56. The zero-order valence-corrected chi connectivity index (χ0v) is 9.67. The summed E-state index contributed by atoms with van der Waals surface area (Å²) >= 11 is 0. The highest BCUT2D eigenvalue weighted by Crippen LogP contribution is 2.44. The van der Waals surface area contributed by atoms with E-state index in [1.54, 1.807) is 0 Å². The molecule has 3 heteroatoms. The molecule has 1 fully saturated rings. The highest BCUT2D eigenvalue weighted by atomic mass is 16.4. The van der Waals surface area contributed by atoms with E-state index in [1.165, 1.54) is 32.1 Å². The fourth-order valence-electron chi connectivity index (χ4n) is 2.14. The Balaban J connectivity index is 1.97. The minimum absolute atomic E-state index is 0.237. The van der Waals surface area contributed by atoms with Crippen LogP contribution >= 0.6 is 0 Å². The summed E-state index contributed by atoms with van der Waals surface area (Å²) in [5.74, 6) is -0.584. The van der Waals surface area contributed by atoms with E-state index in [1.807, 2.05) is 0 Å². The topological polar surface area (TPSA) is 63.3 Å². The van der Waals surface area contributed by atoms with Gasteiger partial charge in [0.15, 0.2) is 0 Å². The quantitative estimate of drug-likeness (QED) is 0.609. The van der Waals surface area contributed by atoms with E-state index in [2.05, 4.69) is 6.92 Å². The molecule has 88 valence electrons. The normalized spacial score (nSPS) is 29.1. The molecule has 1 aliphatic carbocycles. The fourth-order valence-corrected chi connectivity index (χ4v) is 2.14. The Bertz CT molecular complexity index is 218. The van der Waals surface area contributed by atoms with E-state index in [-0.39, 0.29) is 5.92 Å². The first-order valence-electron chi connectivity index (χ1n) is 6.13. The average molecular weight is 213 g/mol. The molecule has 1 unspecified atom stereocenters. The molecule has 0 aliphatic heterocycles. The Hall–Kier alpha value is -0.570. The van der Waals surface area contributed by atoms with Gasteiger partial charge in [-0.05, 0) is 18.8 Å². The zero-order chi connectivity index (χ0) is 11.3. The maximum atomic E-state index is 10.7. The number of carboxylic acids is 1. The molecular weight excluding hydrogens is 190 g/mol. The number of rotatable bonds is 8. The van der Waals surface area contributed by atoms with Crippen molar-refractivity contribution in [2.24, 2.45) is 11.7 Å². The summed E-state index contributed by atoms with van der Waals surface area (Å²) in [6.45, 7) is 2.21. The second-order valence-corrected chi connectivity index (χ2v) is 4.80. The molecule has 2 atom stereocenters. The average Bonchev–Trinajstić information content (AvgIpc) is 2.85. The van der Waals surface area contributed by atoms with Gasteiger partial charge in [-0.3, -0.25) is 4.79 Å². The van der Waals surface area contributed by atoms with E-state index in [9.17, 15) is 4.79 Å². The molecule has 1 saturated carbocycles. The Morgan fingerprint density at radius 1 is 1.33 bits per heavy atom. The molecular formula is C12H23NO2. The Labute approximate surface area is 92.0 Å². The summed E-state index contributed by atoms with van der Waals surface area (Å²) in [6.07, 6.45) is 9.23. The molecule has 1 aliphatic rings. The van der Waals surface area contributed by atoms with Gasteiger partial charge < -0.3 is 10.8 Å². The Morgan fingerprint density at radius 3 is 2.47 bits per heavy atom. The number of nitrogens with two attached hydrogens (primary N) is 1. The predicted octanol–water partition coefficient (Wildman–Crippen LogP) is 2.54. The zero-order valence-electron chi connectivity index (χ0n) is 9.67. The number of carboxylic acid groups (broad SMARTS) is 1. The number of hydrogen-bond donors (Lipinski definition) is 2. The van der Waals surface area contributed by atoms with Gasteiger partial charge in [0.2, 0.25) is 0 Å². The largest absolute Gasteiger partial charge is 0.480 e. The second kappa shape index (κ2) is 5.50. The van der Waals surface area contributed by atoms with E-state index >= 15 is 0 Å². The third-order valence-electron chi connectivity index (χ3n) is 3.46. The lowest BCUT2D eigenvalue weighted by Crippen LogP contribution is -2.35. The lowest BCUT2D eigenvalue weighted by molar-refractivity contribution is -0.140. The van der Waals surface area contributed by atoms with Crippen molar-refractivity contribution in [3.05, 3.63) is 0 Å². The molecule has 0 bridgehead atoms. The summed E-state index contributed by atoms with van der Waals surface area (Å²) in [5, 5.41) is 8.83. The van der Waals surface area contributed by atoms with Gasteiger partial charge in [-0.25, -0.2) is 0 Å². The summed E-state index contributed by atoms with van der Waals surface area (Å²) in [5.41, 5.74) is 4.82. The number of carbonyl (C=O) groups is 1. The van der Waals surface area contributed by atoms with Crippen LogP contribution in [0.25, 0.3) is 0 Å². The number of hydrogen-bond acceptors (Lipinski definition) is 2. The van der Waals surface area contributed by atoms with Gasteiger partial charge in [-0.2, -0.15) is 0 Å². The molecule has 0 spiro atoms. The summed E-state index contributed by atoms with van der Waals surface area (Å²) < 4.78 is 0. The third kappa shape index (κ3) is 3.49. The smallest absolute Gasteiger partial charge is 0.323 e. The molecule has 3 nitrogen and oxygen atoms in total. The van der Waals surface area contributed by atoms with E-state index in [0.29, 0.717) is 6.42 Å². The van der Waals surface area contributed by atoms with Crippen LogP contribution in [0.3, 0.4) is 0 Å². The van der Waals surface area contributed by atoms with Crippen molar-refractivity contribution in [1.29, 1.82) is 0 Å². The minimum Gasteiger partial charge on any atom is -0.480 e. The van der Waals surface area contributed by atoms with Crippen LogP contribution in [0.15, 0.2) is 0 Å². The predicted molar refractivity (Wildman–Crippen MR) is 60.7 cm³/mol. The molecule has 0 radical (unpaired) electrons. The van der Waals surface area contributed by atoms with Crippen molar-refractivity contribution in [2.75, 3.05) is 0 Å². The van der Waals surface area contributed by atoms with Gasteiger partial charge in [0, 0.05) is 0 Å². The molecule has 0 aromatic carbocycles. The third-order valence-corrected chi connectivity index (χ3v) is 3.46. The van der Waals surface area contributed by atoms with Crippen molar-refractivity contribution in [2.45, 2.75) is 63.8 Å².